The number of rotatable bonds is 4. The Labute approximate surface area is 114 Å². The van der Waals surface area contributed by atoms with E-state index in [-0.39, 0.29) is 0 Å². The summed E-state index contributed by atoms with van der Waals surface area (Å²) in [5, 5.41) is 4.66. The van der Waals surface area contributed by atoms with Crippen LogP contribution < -0.4 is 10.2 Å². The molecule has 1 aromatic heterocycles. The van der Waals surface area contributed by atoms with Crippen molar-refractivity contribution in [3.63, 3.8) is 0 Å². The molecule has 0 radical (unpaired) electrons. The van der Waals surface area contributed by atoms with E-state index in [0.717, 1.165) is 37.4 Å². The van der Waals surface area contributed by atoms with Crippen LogP contribution in [-0.2, 0) is 0 Å². The second-order valence-corrected chi connectivity index (χ2v) is 5.20. The molecular formula is C16H21N3. The first-order chi connectivity index (χ1) is 9.38. The monoisotopic (exact) mass is 255 g/mol. The fourth-order valence-electron chi connectivity index (χ4n) is 2.85. The topological polar surface area (TPSA) is 28.2 Å². The lowest BCUT2D eigenvalue weighted by Crippen LogP contribution is -2.38. The van der Waals surface area contributed by atoms with E-state index in [1.807, 2.05) is 0 Å². The quantitative estimate of drug-likeness (QED) is 0.910. The Morgan fingerprint density at radius 1 is 1.26 bits per heavy atom. The van der Waals surface area contributed by atoms with Crippen molar-refractivity contribution in [3.05, 3.63) is 36.4 Å². The van der Waals surface area contributed by atoms with Crippen LogP contribution in [0.5, 0.6) is 0 Å². The fourth-order valence-corrected chi connectivity index (χ4v) is 2.85. The van der Waals surface area contributed by atoms with Gasteiger partial charge in [0.25, 0.3) is 0 Å². The van der Waals surface area contributed by atoms with Crippen LogP contribution >= 0.6 is 0 Å². The highest BCUT2D eigenvalue weighted by Crippen LogP contribution is 2.22. The van der Waals surface area contributed by atoms with Crippen LogP contribution in [-0.4, -0.2) is 30.7 Å². The molecule has 1 fully saturated rings. The van der Waals surface area contributed by atoms with Gasteiger partial charge in [0.2, 0.25) is 0 Å². The fraction of sp³-hybridized carbons (Fsp3) is 0.438. The van der Waals surface area contributed by atoms with Gasteiger partial charge in [-0.05, 0) is 37.6 Å². The highest BCUT2D eigenvalue weighted by molar-refractivity contribution is 5.80. The minimum atomic E-state index is 0.591. The van der Waals surface area contributed by atoms with Crippen LogP contribution in [0, 0.1) is 0 Å². The first-order valence-electron chi connectivity index (χ1n) is 7.21. The first kappa shape index (κ1) is 12.4. The first-order valence-corrected chi connectivity index (χ1v) is 7.21. The van der Waals surface area contributed by atoms with Gasteiger partial charge in [-0.25, -0.2) is 4.98 Å². The summed E-state index contributed by atoms with van der Waals surface area (Å²) >= 11 is 0. The van der Waals surface area contributed by atoms with E-state index in [4.69, 9.17) is 4.98 Å². The minimum Gasteiger partial charge on any atom is -0.352 e. The molecule has 1 aliphatic heterocycles. The summed E-state index contributed by atoms with van der Waals surface area (Å²) in [5.74, 6) is 1.12. The number of para-hydroxylation sites is 1. The molecule has 2 heterocycles. The van der Waals surface area contributed by atoms with Gasteiger partial charge < -0.3 is 10.2 Å². The molecule has 3 nitrogen and oxygen atoms in total. The summed E-state index contributed by atoms with van der Waals surface area (Å²) in [7, 11) is 0. The summed E-state index contributed by atoms with van der Waals surface area (Å²) in [6.07, 6.45) is 2.37. The Hall–Kier alpha value is -1.61. The van der Waals surface area contributed by atoms with E-state index in [2.05, 4.69) is 53.5 Å². The average molecular weight is 255 g/mol. The van der Waals surface area contributed by atoms with E-state index < -0.39 is 0 Å². The molecule has 1 unspecified atom stereocenters. The number of nitrogens with zero attached hydrogens (tertiary/aromatic N) is 2. The van der Waals surface area contributed by atoms with Crippen LogP contribution in [0.4, 0.5) is 5.82 Å². The maximum atomic E-state index is 4.84. The third kappa shape index (κ3) is 2.56. The van der Waals surface area contributed by atoms with Crippen LogP contribution in [0.15, 0.2) is 36.4 Å². The van der Waals surface area contributed by atoms with Crippen molar-refractivity contribution in [2.75, 3.05) is 24.5 Å². The molecule has 1 aromatic carbocycles. The summed E-state index contributed by atoms with van der Waals surface area (Å²) in [6.45, 7) is 5.51. The molecule has 1 aliphatic rings. The van der Waals surface area contributed by atoms with Gasteiger partial charge in [-0.15, -0.1) is 0 Å². The second kappa shape index (κ2) is 5.57. The van der Waals surface area contributed by atoms with Crippen molar-refractivity contribution < 1.29 is 0 Å². The number of aromatic nitrogens is 1. The second-order valence-electron chi connectivity index (χ2n) is 5.20. The molecule has 100 valence electrons. The lowest BCUT2D eigenvalue weighted by Gasteiger charge is -2.29. The number of hydrogen-bond acceptors (Lipinski definition) is 3. The summed E-state index contributed by atoms with van der Waals surface area (Å²) in [6, 6.07) is 13.3. The Morgan fingerprint density at radius 3 is 2.95 bits per heavy atom. The molecule has 19 heavy (non-hydrogen) atoms. The molecule has 2 aromatic rings. The summed E-state index contributed by atoms with van der Waals surface area (Å²) in [5.41, 5.74) is 1.09. The molecule has 0 bridgehead atoms. The Morgan fingerprint density at radius 2 is 2.16 bits per heavy atom. The van der Waals surface area contributed by atoms with Gasteiger partial charge in [0.1, 0.15) is 5.82 Å². The molecule has 3 heteroatoms. The predicted molar refractivity (Wildman–Crippen MR) is 80.7 cm³/mol. The highest BCUT2D eigenvalue weighted by Gasteiger charge is 2.22. The SMILES string of the molecule is CCCN(c1ccc2ccccc2n1)C1CCNC1. The molecular weight excluding hydrogens is 234 g/mol. The maximum Gasteiger partial charge on any atom is 0.129 e. The Kier molecular flexibility index (Phi) is 3.65. The van der Waals surface area contributed by atoms with E-state index in [9.17, 15) is 0 Å². The summed E-state index contributed by atoms with van der Waals surface area (Å²) in [4.78, 5) is 7.30. The molecule has 1 saturated heterocycles. The van der Waals surface area contributed by atoms with Crippen molar-refractivity contribution >= 4 is 16.7 Å². The van der Waals surface area contributed by atoms with E-state index in [1.54, 1.807) is 0 Å². The molecule has 0 saturated carbocycles. The Bertz CT molecular complexity index is 546. The Balaban J connectivity index is 1.94. The normalized spacial score (nSPS) is 18.9. The smallest absolute Gasteiger partial charge is 0.129 e. The zero-order valence-electron chi connectivity index (χ0n) is 11.5. The lowest BCUT2D eigenvalue weighted by molar-refractivity contribution is 0.619. The van der Waals surface area contributed by atoms with Gasteiger partial charge in [0, 0.05) is 24.5 Å². The highest BCUT2D eigenvalue weighted by atomic mass is 15.2. The van der Waals surface area contributed by atoms with Gasteiger partial charge in [-0.1, -0.05) is 25.1 Å². The lowest BCUT2D eigenvalue weighted by atomic mass is 10.2. The van der Waals surface area contributed by atoms with Crippen LogP contribution in [0.2, 0.25) is 0 Å². The molecule has 1 N–H and O–H groups in total. The standard InChI is InChI=1S/C16H21N3/c1-2-11-19(14-9-10-17-12-14)16-8-7-13-5-3-4-6-15(13)18-16/h3-8,14,17H,2,9-12H2,1H3. The number of fused-ring (bicyclic) bond motifs is 1. The van der Waals surface area contributed by atoms with Gasteiger partial charge in [0.15, 0.2) is 0 Å². The largest absolute Gasteiger partial charge is 0.352 e. The molecule has 0 aliphatic carbocycles. The number of nitrogens with one attached hydrogen (secondary N) is 1. The van der Waals surface area contributed by atoms with Gasteiger partial charge in [-0.2, -0.15) is 0 Å². The number of benzene rings is 1. The number of pyridine rings is 1. The van der Waals surface area contributed by atoms with Crippen molar-refractivity contribution in [3.8, 4) is 0 Å². The maximum absolute atomic E-state index is 4.84. The minimum absolute atomic E-state index is 0.591. The predicted octanol–water partition coefficient (Wildman–Crippen LogP) is 2.81. The summed E-state index contributed by atoms with van der Waals surface area (Å²) < 4.78 is 0. The average Bonchev–Trinajstić information content (AvgIpc) is 2.98. The molecule has 3 rings (SSSR count). The van der Waals surface area contributed by atoms with E-state index >= 15 is 0 Å². The van der Waals surface area contributed by atoms with Crippen LogP contribution in [0.1, 0.15) is 19.8 Å². The van der Waals surface area contributed by atoms with Gasteiger partial charge in [-0.3, -0.25) is 0 Å². The van der Waals surface area contributed by atoms with Crippen molar-refractivity contribution in [2.24, 2.45) is 0 Å². The van der Waals surface area contributed by atoms with Gasteiger partial charge >= 0.3 is 0 Å². The molecule has 0 spiro atoms. The van der Waals surface area contributed by atoms with Crippen LogP contribution in [0.3, 0.4) is 0 Å². The van der Waals surface area contributed by atoms with Crippen molar-refractivity contribution in [1.29, 1.82) is 0 Å². The molecule has 1 atom stereocenters. The van der Waals surface area contributed by atoms with E-state index in [0.29, 0.717) is 6.04 Å². The van der Waals surface area contributed by atoms with Crippen molar-refractivity contribution in [1.82, 2.24) is 10.3 Å². The molecule has 0 amide bonds. The van der Waals surface area contributed by atoms with Crippen LogP contribution in [0.25, 0.3) is 10.9 Å². The third-order valence-corrected chi connectivity index (χ3v) is 3.82. The van der Waals surface area contributed by atoms with Crippen molar-refractivity contribution in [2.45, 2.75) is 25.8 Å². The third-order valence-electron chi connectivity index (χ3n) is 3.82. The zero-order valence-corrected chi connectivity index (χ0v) is 11.5. The number of anilines is 1. The van der Waals surface area contributed by atoms with E-state index in [1.165, 1.54) is 11.8 Å². The number of hydrogen-bond donors (Lipinski definition) is 1. The zero-order chi connectivity index (χ0) is 13.1. The van der Waals surface area contributed by atoms with Gasteiger partial charge in [0.05, 0.1) is 5.52 Å².